The first-order valence-corrected chi connectivity index (χ1v) is 6.97. The first-order chi connectivity index (χ1) is 9.95. The molecule has 1 amide bonds. The molecule has 3 rings (SSSR count). The predicted molar refractivity (Wildman–Crippen MR) is 70.3 cm³/mol. The number of carbonyl (C=O) groups is 2. The van der Waals surface area contributed by atoms with Crippen LogP contribution in [0.1, 0.15) is 16.8 Å². The first-order valence-electron chi connectivity index (χ1n) is 6.09. The van der Waals surface area contributed by atoms with Crippen molar-refractivity contribution in [1.29, 1.82) is 0 Å². The third-order valence-electron chi connectivity index (χ3n) is 3.21. The number of aliphatic hydroxyl groups is 1. The molecule has 8 heteroatoms. The summed E-state index contributed by atoms with van der Waals surface area (Å²) in [5.74, 6) is -2.59. The van der Waals surface area contributed by atoms with E-state index >= 15 is 0 Å². The number of rotatable bonds is 1. The Hall–Kier alpha value is -1.93. The van der Waals surface area contributed by atoms with Crippen molar-refractivity contribution in [3.05, 3.63) is 41.2 Å². The van der Waals surface area contributed by atoms with Crippen molar-refractivity contribution in [2.75, 3.05) is 0 Å². The molecule has 2 aliphatic heterocycles. The van der Waals surface area contributed by atoms with Crippen LogP contribution in [0.25, 0.3) is 0 Å². The van der Waals surface area contributed by atoms with Gasteiger partial charge in [-0.1, -0.05) is 0 Å². The maximum absolute atomic E-state index is 13.8. The van der Waals surface area contributed by atoms with Crippen molar-refractivity contribution in [3.63, 3.8) is 0 Å². The second kappa shape index (κ2) is 5.12. The Kier molecular flexibility index (Phi) is 3.42. The molecule has 110 valence electrons. The molecule has 0 radical (unpaired) electrons. The summed E-state index contributed by atoms with van der Waals surface area (Å²) in [6.45, 7) is 0. The number of hydrogen-bond donors (Lipinski definition) is 3. The van der Waals surface area contributed by atoms with Crippen molar-refractivity contribution in [2.24, 2.45) is 0 Å². The molecule has 0 spiro atoms. The Bertz CT molecular complexity index is 678. The van der Waals surface area contributed by atoms with Crippen molar-refractivity contribution in [2.45, 2.75) is 22.8 Å². The Morgan fingerprint density at radius 2 is 2.05 bits per heavy atom. The van der Waals surface area contributed by atoms with E-state index in [4.69, 9.17) is 0 Å². The summed E-state index contributed by atoms with van der Waals surface area (Å²) in [6.07, 6.45) is -0.0610. The highest BCUT2D eigenvalue weighted by Crippen LogP contribution is 2.40. The van der Waals surface area contributed by atoms with E-state index in [1.165, 1.54) is 6.20 Å². The van der Waals surface area contributed by atoms with Gasteiger partial charge in [-0.2, -0.15) is 0 Å². The molecular weight excluding hydrogens is 302 g/mol. The molecule has 1 aromatic carbocycles. The number of hydrogen-bond acceptors (Lipinski definition) is 5. The molecule has 2 heterocycles. The van der Waals surface area contributed by atoms with Crippen LogP contribution in [-0.4, -0.2) is 28.3 Å². The van der Waals surface area contributed by atoms with Gasteiger partial charge in [0.15, 0.2) is 5.78 Å². The molecule has 0 aliphatic carbocycles. The Labute approximate surface area is 122 Å². The van der Waals surface area contributed by atoms with E-state index in [1.807, 2.05) is 0 Å². The third kappa shape index (κ3) is 2.52. The van der Waals surface area contributed by atoms with E-state index in [0.717, 1.165) is 23.9 Å². The van der Waals surface area contributed by atoms with Crippen LogP contribution < -0.4 is 10.6 Å². The SMILES string of the molecule is O=C1CC(C2=CNC(=O)C(O)N2)Sc2c(F)cc(F)cc21. The second-order valence-electron chi connectivity index (χ2n) is 4.65. The molecule has 2 aliphatic rings. The van der Waals surface area contributed by atoms with E-state index in [1.54, 1.807) is 0 Å². The third-order valence-corrected chi connectivity index (χ3v) is 4.56. The summed E-state index contributed by atoms with van der Waals surface area (Å²) in [6, 6.07) is 1.74. The smallest absolute Gasteiger partial charge is 0.273 e. The van der Waals surface area contributed by atoms with Gasteiger partial charge >= 0.3 is 0 Å². The number of halogens is 2. The number of thioether (sulfide) groups is 1. The largest absolute Gasteiger partial charge is 0.366 e. The van der Waals surface area contributed by atoms with Crippen LogP contribution in [-0.2, 0) is 4.79 Å². The number of carbonyl (C=O) groups excluding carboxylic acids is 2. The van der Waals surface area contributed by atoms with Crippen molar-refractivity contribution >= 4 is 23.5 Å². The maximum atomic E-state index is 13.8. The van der Waals surface area contributed by atoms with Crippen LogP contribution in [0.5, 0.6) is 0 Å². The molecule has 21 heavy (non-hydrogen) atoms. The van der Waals surface area contributed by atoms with Gasteiger partial charge in [0.2, 0.25) is 6.23 Å². The van der Waals surface area contributed by atoms with Gasteiger partial charge in [-0.05, 0) is 6.07 Å². The number of Topliss-reactive ketones (excluding diaryl/α,β-unsaturated/α-hetero) is 1. The lowest BCUT2D eigenvalue weighted by Crippen LogP contribution is -2.48. The topological polar surface area (TPSA) is 78.4 Å². The van der Waals surface area contributed by atoms with Crippen molar-refractivity contribution in [3.8, 4) is 0 Å². The van der Waals surface area contributed by atoms with Crippen molar-refractivity contribution < 1.29 is 23.5 Å². The Balaban J connectivity index is 1.92. The predicted octanol–water partition coefficient (Wildman–Crippen LogP) is 0.891. The number of ketones is 1. The highest BCUT2D eigenvalue weighted by atomic mass is 32.2. The highest BCUT2D eigenvalue weighted by molar-refractivity contribution is 8.00. The van der Waals surface area contributed by atoms with E-state index in [0.29, 0.717) is 5.70 Å². The molecule has 2 atom stereocenters. The average Bonchev–Trinajstić information content (AvgIpc) is 2.43. The monoisotopic (exact) mass is 312 g/mol. The number of fused-ring (bicyclic) bond motifs is 1. The molecule has 0 saturated heterocycles. The summed E-state index contributed by atoms with van der Waals surface area (Å²) < 4.78 is 27.0. The van der Waals surface area contributed by atoms with Gasteiger partial charge in [-0.25, -0.2) is 8.78 Å². The zero-order valence-corrected chi connectivity index (χ0v) is 11.3. The zero-order valence-electron chi connectivity index (χ0n) is 10.5. The van der Waals surface area contributed by atoms with E-state index in [9.17, 15) is 23.5 Å². The van der Waals surface area contributed by atoms with E-state index < -0.39 is 29.0 Å². The normalized spacial score (nSPS) is 24.8. The molecule has 0 aromatic heterocycles. The summed E-state index contributed by atoms with van der Waals surface area (Å²) in [5, 5.41) is 13.9. The van der Waals surface area contributed by atoms with E-state index in [2.05, 4.69) is 10.6 Å². The van der Waals surface area contributed by atoms with Gasteiger partial charge in [0, 0.05) is 29.9 Å². The summed E-state index contributed by atoms with van der Waals surface area (Å²) in [4.78, 5) is 23.2. The van der Waals surface area contributed by atoms with Gasteiger partial charge in [0.25, 0.3) is 5.91 Å². The summed E-state index contributed by atoms with van der Waals surface area (Å²) in [5.41, 5.74) is 0.435. The second-order valence-corrected chi connectivity index (χ2v) is 5.87. The number of amides is 1. The van der Waals surface area contributed by atoms with Gasteiger partial charge < -0.3 is 15.7 Å². The first kappa shape index (κ1) is 14.0. The van der Waals surface area contributed by atoms with Crippen molar-refractivity contribution in [1.82, 2.24) is 10.6 Å². The molecule has 1 aromatic rings. The minimum atomic E-state index is -1.42. The molecular formula is C13H10F2N2O3S. The van der Waals surface area contributed by atoms with Crippen LogP contribution in [0.2, 0.25) is 0 Å². The fourth-order valence-electron chi connectivity index (χ4n) is 2.20. The molecule has 0 bridgehead atoms. The van der Waals surface area contributed by atoms with Gasteiger partial charge in [-0.15, -0.1) is 11.8 Å². The van der Waals surface area contributed by atoms with Gasteiger partial charge in [-0.3, -0.25) is 9.59 Å². The average molecular weight is 312 g/mol. The number of nitrogens with one attached hydrogen (secondary N) is 2. The van der Waals surface area contributed by atoms with Crippen LogP contribution in [0.4, 0.5) is 8.78 Å². The lowest BCUT2D eigenvalue weighted by Gasteiger charge is -2.29. The Morgan fingerprint density at radius 1 is 1.29 bits per heavy atom. The molecule has 0 fully saturated rings. The molecule has 0 saturated carbocycles. The Morgan fingerprint density at radius 3 is 2.76 bits per heavy atom. The van der Waals surface area contributed by atoms with E-state index in [-0.39, 0.29) is 22.7 Å². The van der Waals surface area contributed by atoms with Crippen LogP contribution in [0, 0.1) is 11.6 Å². The van der Waals surface area contributed by atoms with Crippen LogP contribution in [0.3, 0.4) is 0 Å². The maximum Gasteiger partial charge on any atom is 0.273 e. The summed E-state index contributed by atoms with van der Waals surface area (Å²) >= 11 is 1.05. The minimum Gasteiger partial charge on any atom is -0.366 e. The minimum absolute atomic E-state index is 0.0159. The lowest BCUT2D eigenvalue weighted by atomic mass is 10.0. The van der Waals surface area contributed by atoms with Crippen LogP contribution in [0.15, 0.2) is 28.9 Å². The standard InChI is InChI=1S/C13H10F2N2O3S/c14-5-1-6-9(18)3-10(21-11(6)7(15)2-5)8-4-16-12(19)13(20)17-8/h1-2,4,10,13,17,20H,3H2,(H,16,19). The number of aliphatic hydroxyl groups excluding tert-OH is 1. The molecule has 2 unspecified atom stereocenters. The zero-order chi connectivity index (χ0) is 15.1. The fraction of sp³-hybridized carbons (Fsp3) is 0.231. The fourth-order valence-corrected chi connectivity index (χ4v) is 3.46. The van der Waals surface area contributed by atoms with Crippen LogP contribution >= 0.6 is 11.8 Å². The van der Waals surface area contributed by atoms with Gasteiger partial charge in [0.05, 0.1) is 10.1 Å². The summed E-state index contributed by atoms with van der Waals surface area (Å²) in [7, 11) is 0. The molecule has 5 nitrogen and oxygen atoms in total. The number of benzene rings is 1. The lowest BCUT2D eigenvalue weighted by molar-refractivity contribution is -0.130. The quantitative estimate of drug-likeness (QED) is 0.718. The molecule has 3 N–H and O–H groups in total. The van der Waals surface area contributed by atoms with Gasteiger partial charge in [0.1, 0.15) is 11.6 Å². The highest BCUT2D eigenvalue weighted by Gasteiger charge is 2.33.